The smallest absolute Gasteiger partial charge is 0.197 e. The highest BCUT2D eigenvalue weighted by molar-refractivity contribution is 6.19. The van der Waals surface area contributed by atoms with E-state index in [4.69, 9.17) is 9.15 Å². The van der Waals surface area contributed by atoms with E-state index in [1.807, 2.05) is 12.1 Å². The third-order valence-electron chi connectivity index (χ3n) is 6.26. The molecule has 0 radical (unpaired) electrons. The number of likely N-dealkylation sites (tertiary alicyclic amines) is 1. The quantitative estimate of drug-likeness (QED) is 0.348. The predicted octanol–water partition coefficient (Wildman–Crippen LogP) is 5.95. The van der Waals surface area contributed by atoms with Gasteiger partial charge in [-0.2, -0.15) is 0 Å². The van der Waals surface area contributed by atoms with Gasteiger partial charge in [-0.3, -0.25) is 9.69 Å². The fourth-order valence-corrected chi connectivity index (χ4v) is 4.40. The zero-order valence-electron chi connectivity index (χ0n) is 18.9. The number of hydrogen-bond donors (Lipinski definition) is 2. The highest BCUT2D eigenvalue weighted by atomic mass is 16.5. The van der Waals surface area contributed by atoms with Gasteiger partial charge in [-0.15, -0.1) is 0 Å². The molecule has 2 N–H and O–H groups in total. The molecule has 5 rings (SSSR count). The molecule has 6 heteroatoms. The molecule has 1 aliphatic rings. The van der Waals surface area contributed by atoms with Gasteiger partial charge in [0.15, 0.2) is 5.78 Å². The van der Waals surface area contributed by atoms with Gasteiger partial charge in [-0.1, -0.05) is 12.8 Å². The largest absolute Gasteiger partial charge is 0.508 e. The number of ketones is 1. The van der Waals surface area contributed by atoms with Crippen molar-refractivity contribution < 1.29 is 24.2 Å². The summed E-state index contributed by atoms with van der Waals surface area (Å²) in [5.41, 5.74) is 2.01. The Balaban J connectivity index is 1.42. The van der Waals surface area contributed by atoms with Crippen LogP contribution in [-0.4, -0.2) is 40.7 Å². The number of benzene rings is 3. The first-order chi connectivity index (χ1) is 16.6. The van der Waals surface area contributed by atoms with Gasteiger partial charge in [0.25, 0.3) is 0 Å². The summed E-state index contributed by atoms with van der Waals surface area (Å²) in [6, 6.07) is 18.4. The minimum absolute atomic E-state index is 0.0587. The second-order valence-corrected chi connectivity index (χ2v) is 8.69. The molecular weight excluding hydrogens is 430 g/mol. The zero-order chi connectivity index (χ0) is 23.5. The standard InChI is InChI=1S/C28H27NO5/c30-21-9-5-20(6-10-21)28-26(24-14-11-22(31)17-25(24)34-28)27(32)19-7-12-23(13-8-19)33-18-29-15-3-1-2-4-16-29/h5-14,17,30-31H,1-4,15-16,18H2. The first-order valence-electron chi connectivity index (χ1n) is 11.6. The number of fused-ring (bicyclic) bond motifs is 1. The minimum Gasteiger partial charge on any atom is -0.508 e. The molecule has 4 aromatic rings. The molecule has 0 unspecified atom stereocenters. The molecule has 1 saturated heterocycles. The number of ether oxygens (including phenoxy) is 1. The lowest BCUT2D eigenvalue weighted by Crippen LogP contribution is -2.29. The van der Waals surface area contributed by atoms with Crippen molar-refractivity contribution in [3.8, 4) is 28.6 Å². The summed E-state index contributed by atoms with van der Waals surface area (Å²) in [4.78, 5) is 15.9. The molecule has 0 spiro atoms. The predicted molar refractivity (Wildman–Crippen MR) is 130 cm³/mol. The summed E-state index contributed by atoms with van der Waals surface area (Å²) in [5.74, 6) is 1.12. The lowest BCUT2D eigenvalue weighted by Gasteiger charge is -2.20. The fraction of sp³-hybridized carbons (Fsp3) is 0.250. The van der Waals surface area contributed by atoms with Crippen LogP contribution in [0.4, 0.5) is 0 Å². The van der Waals surface area contributed by atoms with Crippen LogP contribution >= 0.6 is 0 Å². The highest BCUT2D eigenvalue weighted by Crippen LogP contribution is 2.37. The van der Waals surface area contributed by atoms with Crippen molar-refractivity contribution in [1.82, 2.24) is 4.90 Å². The van der Waals surface area contributed by atoms with Gasteiger partial charge in [0.05, 0.1) is 5.56 Å². The van der Waals surface area contributed by atoms with Crippen molar-refractivity contribution in [2.45, 2.75) is 25.7 Å². The second kappa shape index (κ2) is 9.61. The monoisotopic (exact) mass is 457 g/mol. The van der Waals surface area contributed by atoms with Crippen LogP contribution in [0.25, 0.3) is 22.3 Å². The summed E-state index contributed by atoms with van der Waals surface area (Å²) in [5, 5.41) is 20.2. The molecule has 1 fully saturated rings. The summed E-state index contributed by atoms with van der Waals surface area (Å²) < 4.78 is 12.0. The summed E-state index contributed by atoms with van der Waals surface area (Å²) in [7, 11) is 0. The number of rotatable bonds is 6. The van der Waals surface area contributed by atoms with E-state index in [0.29, 0.717) is 40.2 Å². The van der Waals surface area contributed by atoms with Crippen LogP contribution in [-0.2, 0) is 0 Å². The molecule has 6 nitrogen and oxygen atoms in total. The molecule has 0 atom stereocenters. The molecule has 1 aromatic heterocycles. The van der Waals surface area contributed by atoms with E-state index in [1.165, 1.54) is 37.8 Å². The molecule has 2 heterocycles. The van der Waals surface area contributed by atoms with Crippen molar-refractivity contribution in [3.63, 3.8) is 0 Å². The Hall–Kier alpha value is -3.77. The van der Waals surface area contributed by atoms with E-state index in [0.717, 1.165) is 18.8 Å². The second-order valence-electron chi connectivity index (χ2n) is 8.69. The Morgan fingerprint density at radius 1 is 0.853 bits per heavy atom. The highest BCUT2D eigenvalue weighted by Gasteiger charge is 2.23. The van der Waals surface area contributed by atoms with Gasteiger partial charge in [-0.05, 0) is 73.5 Å². The van der Waals surface area contributed by atoms with Crippen LogP contribution in [0.2, 0.25) is 0 Å². The first-order valence-corrected chi connectivity index (χ1v) is 11.6. The molecule has 0 aliphatic carbocycles. The Morgan fingerprint density at radius 3 is 2.24 bits per heavy atom. The number of furan rings is 1. The average Bonchev–Trinajstić information content (AvgIpc) is 3.02. The van der Waals surface area contributed by atoms with Crippen LogP contribution in [0.15, 0.2) is 71.1 Å². The summed E-state index contributed by atoms with van der Waals surface area (Å²) in [6.45, 7) is 2.66. The molecule has 34 heavy (non-hydrogen) atoms. The fourth-order valence-electron chi connectivity index (χ4n) is 4.40. The van der Waals surface area contributed by atoms with Crippen LogP contribution in [0.3, 0.4) is 0 Å². The third-order valence-corrected chi connectivity index (χ3v) is 6.26. The average molecular weight is 458 g/mol. The van der Waals surface area contributed by atoms with E-state index < -0.39 is 0 Å². The van der Waals surface area contributed by atoms with Gasteiger partial charge in [-0.25, -0.2) is 0 Å². The van der Waals surface area contributed by atoms with E-state index >= 15 is 0 Å². The topological polar surface area (TPSA) is 83.1 Å². The van der Waals surface area contributed by atoms with E-state index in [-0.39, 0.29) is 17.3 Å². The Bertz CT molecular complexity index is 1280. The molecule has 0 saturated carbocycles. The molecule has 1 aliphatic heterocycles. The number of carbonyl (C=O) groups excluding carboxylic acids is 1. The molecule has 3 aromatic carbocycles. The Kier molecular flexibility index (Phi) is 6.23. The number of phenols is 2. The van der Waals surface area contributed by atoms with Gasteiger partial charge in [0.2, 0.25) is 0 Å². The van der Waals surface area contributed by atoms with Crippen molar-refractivity contribution in [1.29, 1.82) is 0 Å². The number of phenolic OH excluding ortho intramolecular Hbond substituents is 2. The zero-order valence-corrected chi connectivity index (χ0v) is 18.9. The number of nitrogens with zero attached hydrogens (tertiary/aromatic N) is 1. The molecule has 0 amide bonds. The maximum Gasteiger partial charge on any atom is 0.197 e. The normalized spacial score (nSPS) is 14.7. The van der Waals surface area contributed by atoms with Crippen molar-refractivity contribution in [2.24, 2.45) is 0 Å². The van der Waals surface area contributed by atoms with Crippen LogP contribution in [0.1, 0.15) is 41.6 Å². The Morgan fingerprint density at radius 2 is 1.53 bits per heavy atom. The first kappa shape index (κ1) is 22.0. The van der Waals surface area contributed by atoms with Gasteiger partial charge in [0.1, 0.15) is 35.3 Å². The maximum absolute atomic E-state index is 13.6. The van der Waals surface area contributed by atoms with Crippen molar-refractivity contribution in [3.05, 3.63) is 77.9 Å². The SMILES string of the molecule is O=C(c1ccc(OCN2CCCCCC2)cc1)c1c(-c2ccc(O)cc2)oc2cc(O)ccc12. The van der Waals surface area contributed by atoms with Crippen LogP contribution < -0.4 is 4.74 Å². The van der Waals surface area contributed by atoms with Crippen molar-refractivity contribution >= 4 is 16.8 Å². The Labute approximate surface area is 198 Å². The lowest BCUT2D eigenvalue weighted by atomic mass is 9.97. The third kappa shape index (κ3) is 4.63. The van der Waals surface area contributed by atoms with Gasteiger partial charge in [0, 0.05) is 35.7 Å². The summed E-state index contributed by atoms with van der Waals surface area (Å²) >= 11 is 0. The molecular formula is C28H27NO5. The van der Waals surface area contributed by atoms with Crippen LogP contribution in [0, 0.1) is 0 Å². The van der Waals surface area contributed by atoms with E-state index in [9.17, 15) is 15.0 Å². The van der Waals surface area contributed by atoms with Crippen molar-refractivity contribution in [2.75, 3.05) is 19.8 Å². The van der Waals surface area contributed by atoms with E-state index in [2.05, 4.69) is 4.90 Å². The van der Waals surface area contributed by atoms with Crippen LogP contribution in [0.5, 0.6) is 17.2 Å². The van der Waals surface area contributed by atoms with Gasteiger partial charge >= 0.3 is 0 Å². The number of hydrogen-bond acceptors (Lipinski definition) is 6. The maximum atomic E-state index is 13.6. The number of carbonyl (C=O) groups is 1. The van der Waals surface area contributed by atoms with Gasteiger partial charge < -0.3 is 19.4 Å². The molecule has 0 bridgehead atoms. The number of aromatic hydroxyl groups is 2. The lowest BCUT2D eigenvalue weighted by molar-refractivity contribution is 0.104. The molecule has 174 valence electrons. The van der Waals surface area contributed by atoms with E-state index in [1.54, 1.807) is 42.5 Å². The summed E-state index contributed by atoms with van der Waals surface area (Å²) in [6.07, 6.45) is 4.97. The minimum atomic E-state index is -0.188.